The van der Waals surface area contributed by atoms with Crippen molar-refractivity contribution in [3.8, 4) is 5.75 Å². The molecule has 1 heterocycles. The molecule has 1 saturated heterocycles. The van der Waals surface area contributed by atoms with E-state index in [-0.39, 0.29) is 24.0 Å². The zero-order chi connectivity index (χ0) is 31.5. The third-order valence-corrected chi connectivity index (χ3v) is 8.74. The summed E-state index contributed by atoms with van der Waals surface area (Å²) in [5.74, 6) is -4.46. The number of benzene rings is 3. The van der Waals surface area contributed by atoms with Gasteiger partial charge in [-0.3, -0.25) is 14.5 Å². The Morgan fingerprint density at radius 1 is 1.05 bits per heavy atom. The fraction of sp³-hybridized carbons (Fsp3) is 0.294. The zero-order valence-electron chi connectivity index (χ0n) is 24.3. The van der Waals surface area contributed by atoms with Crippen LogP contribution in [0.25, 0.3) is 11.6 Å². The summed E-state index contributed by atoms with van der Waals surface area (Å²) in [6.07, 6.45) is 2.20. The van der Waals surface area contributed by atoms with E-state index in [9.17, 15) is 39.3 Å². The van der Waals surface area contributed by atoms with Crippen LogP contribution in [0.4, 0.5) is 10.1 Å². The number of nitrogens with zero attached hydrogens (tertiary/aromatic N) is 1. The molecular weight excluding hydrogens is 564 g/mol. The number of hydrogen-bond donors (Lipinski definition) is 5. The number of phenolic OH excluding ortho intramolecular Hbond substituents is 1. The molecule has 5 N–H and O–H groups in total. The lowest BCUT2D eigenvalue weighted by molar-refractivity contribution is -0.123. The molecule has 2 amide bonds. The molecule has 44 heavy (non-hydrogen) atoms. The van der Waals surface area contributed by atoms with E-state index < -0.39 is 61.0 Å². The van der Waals surface area contributed by atoms with Crippen molar-refractivity contribution < 1.29 is 39.3 Å². The molecule has 10 heteroatoms. The highest BCUT2D eigenvalue weighted by atomic mass is 19.1. The Bertz CT molecular complexity index is 1610. The molecule has 1 fully saturated rings. The van der Waals surface area contributed by atoms with Crippen LogP contribution < -0.4 is 10.4 Å². The van der Waals surface area contributed by atoms with E-state index in [0.717, 1.165) is 21.6 Å². The summed E-state index contributed by atoms with van der Waals surface area (Å²) in [4.78, 5) is 28.4. The molecule has 0 saturated carbocycles. The third kappa shape index (κ3) is 6.12. The van der Waals surface area contributed by atoms with Gasteiger partial charge in [-0.05, 0) is 77.7 Å². The lowest BCUT2D eigenvalue weighted by atomic mass is 9.67. The Balaban J connectivity index is 1.43. The van der Waals surface area contributed by atoms with E-state index in [4.69, 9.17) is 0 Å². The van der Waals surface area contributed by atoms with Gasteiger partial charge in [0.15, 0.2) is 11.6 Å². The van der Waals surface area contributed by atoms with Crippen LogP contribution in [0.1, 0.15) is 43.7 Å². The molecule has 1 aliphatic carbocycles. The number of aliphatic hydroxyl groups excluding tert-OH is 2. The van der Waals surface area contributed by atoms with E-state index >= 15 is 0 Å². The second-order valence-corrected chi connectivity index (χ2v) is 11.3. The predicted octanol–water partition coefficient (Wildman–Crippen LogP) is 3.42. The van der Waals surface area contributed by atoms with Gasteiger partial charge in [0.05, 0.1) is 30.2 Å². The van der Waals surface area contributed by atoms with Gasteiger partial charge in [0.1, 0.15) is 0 Å². The molecule has 8 nitrogen and oxygen atoms in total. The summed E-state index contributed by atoms with van der Waals surface area (Å²) in [6, 6.07) is 19.5. The summed E-state index contributed by atoms with van der Waals surface area (Å²) in [7, 11) is -1.77. The number of fused-ring (bicyclic) bond motifs is 1. The van der Waals surface area contributed by atoms with Gasteiger partial charge in [0.25, 0.3) is 0 Å². The lowest BCUT2D eigenvalue weighted by Crippen LogP contribution is -2.39. The minimum absolute atomic E-state index is 0.137. The summed E-state index contributed by atoms with van der Waals surface area (Å²) in [6.45, 7) is 1.48. The van der Waals surface area contributed by atoms with E-state index in [0.29, 0.717) is 24.0 Å². The number of hydrogen-bond acceptors (Lipinski definition) is 7. The van der Waals surface area contributed by atoms with E-state index in [1.54, 1.807) is 18.2 Å². The SMILES string of the molecule is CCC1=C([C@H](O)CC/C(=C/c2ccc(O)c(F)c2)c2ccccc2)[C@H](CO)[C@@H]2C(=O)N(c3cccc(B(O)O)c3)C(=O)[C@@H]2C1. The second kappa shape index (κ2) is 13.3. The van der Waals surface area contributed by atoms with Crippen LogP contribution in [0, 0.1) is 23.6 Å². The Kier molecular flexibility index (Phi) is 9.46. The third-order valence-electron chi connectivity index (χ3n) is 8.74. The van der Waals surface area contributed by atoms with Crippen molar-refractivity contribution in [1.29, 1.82) is 0 Å². The minimum atomic E-state index is -1.77. The number of aliphatic hydroxyl groups is 2. The minimum Gasteiger partial charge on any atom is -0.505 e. The summed E-state index contributed by atoms with van der Waals surface area (Å²) in [5.41, 5.74) is 4.00. The Hall–Kier alpha value is -4.09. The standard InChI is InChI=1S/C34H35BFNO7/c1-2-21-17-26-32(34(42)37(33(26)41)25-10-6-9-24(18-25)35(43)44)27(19-38)31(21)30(40)14-12-23(22-7-4-3-5-8-22)15-20-11-13-29(39)28(36)16-20/h3-11,13,15-16,18,26-27,30,32,38-40,43-44H,2,12,14,17,19H2,1H3/b23-15-/t26-,27+,30-,32-/m1/s1. The summed E-state index contributed by atoms with van der Waals surface area (Å²) in [5, 5.41) is 51.0. The monoisotopic (exact) mass is 599 g/mol. The maximum Gasteiger partial charge on any atom is 0.488 e. The average molecular weight is 599 g/mol. The van der Waals surface area contributed by atoms with Crippen molar-refractivity contribution in [2.45, 2.75) is 38.7 Å². The smallest absolute Gasteiger partial charge is 0.488 e. The molecule has 3 aromatic rings. The first-order valence-corrected chi connectivity index (χ1v) is 14.7. The normalized spacial score (nSPS) is 21.1. The van der Waals surface area contributed by atoms with Crippen LogP contribution in [-0.4, -0.2) is 57.0 Å². The molecular formula is C34H35BFNO7. The number of imide groups is 1. The fourth-order valence-electron chi connectivity index (χ4n) is 6.59. The van der Waals surface area contributed by atoms with Gasteiger partial charge in [-0.2, -0.15) is 0 Å². The van der Waals surface area contributed by atoms with Crippen LogP contribution >= 0.6 is 0 Å². The van der Waals surface area contributed by atoms with Crippen molar-refractivity contribution in [3.63, 3.8) is 0 Å². The average Bonchev–Trinajstić information content (AvgIpc) is 3.28. The number of carbonyl (C=O) groups is 2. The number of allylic oxidation sites excluding steroid dienone is 2. The van der Waals surface area contributed by atoms with Crippen LogP contribution in [0.2, 0.25) is 0 Å². The highest BCUT2D eigenvalue weighted by molar-refractivity contribution is 6.58. The van der Waals surface area contributed by atoms with Crippen molar-refractivity contribution in [1.82, 2.24) is 0 Å². The maximum absolute atomic E-state index is 14.1. The molecule has 3 aromatic carbocycles. The molecule has 0 radical (unpaired) electrons. The van der Waals surface area contributed by atoms with E-state index in [1.165, 1.54) is 30.3 Å². The largest absolute Gasteiger partial charge is 0.505 e. The first kappa shape index (κ1) is 31.3. The van der Waals surface area contributed by atoms with Gasteiger partial charge in [0.2, 0.25) is 11.8 Å². The molecule has 0 bridgehead atoms. The molecule has 5 rings (SSSR count). The zero-order valence-corrected chi connectivity index (χ0v) is 24.3. The fourth-order valence-corrected chi connectivity index (χ4v) is 6.59. The Labute approximate surface area is 255 Å². The number of aromatic hydroxyl groups is 1. The van der Waals surface area contributed by atoms with E-state index in [2.05, 4.69) is 0 Å². The van der Waals surface area contributed by atoms with Crippen molar-refractivity contribution in [2.75, 3.05) is 11.5 Å². The van der Waals surface area contributed by atoms with E-state index in [1.807, 2.05) is 37.3 Å². The molecule has 4 atom stereocenters. The van der Waals surface area contributed by atoms with Gasteiger partial charge in [-0.25, -0.2) is 4.39 Å². The van der Waals surface area contributed by atoms with Crippen LogP contribution in [-0.2, 0) is 9.59 Å². The van der Waals surface area contributed by atoms with Gasteiger partial charge < -0.3 is 25.4 Å². The molecule has 0 spiro atoms. The topological polar surface area (TPSA) is 139 Å². The first-order valence-electron chi connectivity index (χ1n) is 14.7. The van der Waals surface area contributed by atoms with Gasteiger partial charge in [-0.15, -0.1) is 0 Å². The second-order valence-electron chi connectivity index (χ2n) is 11.3. The lowest BCUT2D eigenvalue weighted by Gasteiger charge is -2.36. The number of phenols is 1. The van der Waals surface area contributed by atoms with Crippen LogP contribution in [0.5, 0.6) is 5.75 Å². The maximum atomic E-state index is 14.1. The number of rotatable bonds is 10. The van der Waals surface area contributed by atoms with Gasteiger partial charge >= 0.3 is 7.12 Å². The molecule has 1 aliphatic heterocycles. The summed E-state index contributed by atoms with van der Waals surface area (Å²) < 4.78 is 14.1. The molecule has 2 aliphatic rings. The summed E-state index contributed by atoms with van der Waals surface area (Å²) >= 11 is 0. The Morgan fingerprint density at radius 2 is 1.80 bits per heavy atom. The van der Waals surface area contributed by atoms with Crippen molar-refractivity contribution >= 4 is 41.7 Å². The number of amides is 2. The molecule has 0 unspecified atom stereocenters. The highest BCUT2D eigenvalue weighted by Gasteiger charge is 2.55. The number of halogens is 1. The van der Waals surface area contributed by atoms with Crippen LogP contribution in [0.3, 0.4) is 0 Å². The van der Waals surface area contributed by atoms with Gasteiger partial charge in [0, 0.05) is 5.92 Å². The quantitative estimate of drug-likeness (QED) is 0.104. The first-order chi connectivity index (χ1) is 21.1. The molecule has 228 valence electrons. The number of carbonyl (C=O) groups excluding carboxylic acids is 2. The Morgan fingerprint density at radius 3 is 2.45 bits per heavy atom. The van der Waals surface area contributed by atoms with Gasteiger partial charge in [-0.1, -0.05) is 67.1 Å². The highest BCUT2D eigenvalue weighted by Crippen LogP contribution is 2.48. The molecule has 0 aromatic heterocycles. The van der Waals surface area contributed by atoms with Crippen molar-refractivity contribution in [2.24, 2.45) is 17.8 Å². The van der Waals surface area contributed by atoms with Crippen molar-refractivity contribution in [3.05, 3.63) is 101 Å². The predicted molar refractivity (Wildman–Crippen MR) is 166 cm³/mol. The van der Waals surface area contributed by atoms with Crippen LogP contribution in [0.15, 0.2) is 83.9 Å². The number of anilines is 1.